The Bertz CT molecular complexity index is 427. The Morgan fingerprint density at radius 3 is 2.75 bits per heavy atom. The normalized spacial score (nSPS) is 48.1. The molecule has 0 aliphatic heterocycles. The lowest BCUT2D eigenvalue weighted by molar-refractivity contribution is 0.0482. The van der Waals surface area contributed by atoms with E-state index in [1.165, 1.54) is 12.8 Å². The van der Waals surface area contributed by atoms with Crippen LogP contribution in [0.2, 0.25) is 0 Å². The van der Waals surface area contributed by atoms with Gasteiger partial charge in [-0.3, -0.25) is 0 Å². The first kappa shape index (κ1) is 9.27. The van der Waals surface area contributed by atoms with Crippen LogP contribution in [-0.4, -0.2) is 0 Å². The highest BCUT2D eigenvalue weighted by atomic mass is 14.6. The summed E-state index contributed by atoms with van der Waals surface area (Å²) in [5.41, 5.74) is 3.36. The van der Waals surface area contributed by atoms with E-state index in [1.54, 1.807) is 11.1 Å². The van der Waals surface area contributed by atoms with Crippen molar-refractivity contribution in [3.8, 4) is 0 Å². The summed E-state index contributed by atoms with van der Waals surface area (Å²) in [6.07, 6.45) is 2.86. The zero-order valence-electron chi connectivity index (χ0n) is 10.2. The van der Waals surface area contributed by atoms with Crippen LogP contribution in [-0.2, 0) is 6.42 Å². The fourth-order valence-electron chi connectivity index (χ4n) is 5.10. The highest BCUT2D eigenvalue weighted by molar-refractivity contribution is 5.41. The van der Waals surface area contributed by atoms with Gasteiger partial charge in [0.15, 0.2) is 0 Å². The van der Waals surface area contributed by atoms with Crippen molar-refractivity contribution in [2.24, 2.45) is 29.6 Å². The topological polar surface area (TPSA) is 0 Å². The fourth-order valence-corrected chi connectivity index (χ4v) is 5.10. The van der Waals surface area contributed by atoms with Crippen molar-refractivity contribution in [2.75, 3.05) is 0 Å². The maximum atomic E-state index is 2.49. The summed E-state index contributed by atoms with van der Waals surface area (Å²) in [6, 6.07) is 9.20. The van der Waals surface area contributed by atoms with Gasteiger partial charge in [-0.25, -0.2) is 0 Å². The number of rotatable bonds is 0. The van der Waals surface area contributed by atoms with Gasteiger partial charge in [-0.05, 0) is 59.5 Å². The van der Waals surface area contributed by atoms with Crippen molar-refractivity contribution >= 4 is 0 Å². The van der Waals surface area contributed by atoms with Gasteiger partial charge in [0.2, 0.25) is 0 Å². The fraction of sp³-hybridized carbons (Fsp3) is 0.625. The van der Waals surface area contributed by atoms with E-state index in [-0.39, 0.29) is 0 Å². The highest BCUT2D eigenvalue weighted by Gasteiger charge is 2.59. The van der Waals surface area contributed by atoms with Crippen molar-refractivity contribution in [1.82, 2.24) is 0 Å². The maximum absolute atomic E-state index is 2.49. The summed E-state index contributed by atoms with van der Waals surface area (Å²) >= 11 is 0. The number of hydrogen-bond donors (Lipinski definition) is 0. The van der Waals surface area contributed by atoms with Gasteiger partial charge in [-0.15, -0.1) is 0 Å². The lowest BCUT2D eigenvalue weighted by Gasteiger charge is -2.47. The molecule has 0 radical (unpaired) electrons. The smallest absolute Gasteiger partial charge is 0.00936 e. The van der Waals surface area contributed by atoms with Crippen LogP contribution in [0.3, 0.4) is 0 Å². The van der Waals surface area contributed by atoms with E-state index in [0.29, 0.717) is 0 Å². The molecule has 1 aromatic carbocycles. The van der Waals surface area contributed by atoms with Crippen LogP contribution in [0, 0.1) is 29.6 Å². The van der Waals surface area contributed by atoms with Gasteiger partial charge in [-0.1, -0.05) is 38.1 Å². The second-order valence-electron chi connectivity index (χ2n) is 6.41. The lowest BCUT2D eigenvalue weighted by Crippen LogP contribution is -2.41. The number of benzene rings is 1. The van der Waals surface area contributed by atoms with Gasteiger partial charge in [0, 0.05) is 0 Å². The van der Waals surface area contributed by atoms with Crippen LogP contribution in [0.1, 0.15) is 37.3 Å². The van der Waals surface area contributed by atoms with Crippen LogP contribution in [0.15, 0.2) is 24.3 Å². The van der Waals surface area contributed by atoms with Crippen LogP contribution in [0.25, 0.3) is 0 Å². The molecule has 0 spiro atoms. The molecule has 0 aromatic heterocycles. The zero-order valence-corrected chi connectivity index (χ0v) is 10.2. The van der Waals surface area contributed by atoms with Crippen molar-refractivity contribution in [3.05, 3.63) is 35.4 Å². The lowest BCUT2D eigenvalue weighted by atomic mass is 9.57. The SMILES string of the molecule is C[C@H]1[C@H]2C3Cc4ccccc4[C@H]3[C@H]2C[C@H]1C. The van der Waals surface area contributed by atoms with Crippen molar-refractivity contribution < 1.29 is 0 Å². The molecular formula is C16H20. The molecule has 0 N–H and O–H groups in total. The van der Waals surface area contributed by atoms with Gasteiger partial charge >= 0.3 is 0 Å². The first-order chi connectivity index (χ1) is 7.77. The minimum Gasteiger partial charge on any atom is -0.0622 e. The second kappa shape index (κ2) is 2.91. The van der Waals surface area contributed by atoms with E-state index in [0.717, 1.165) is 35.5 Å². The molecular weight excluding hydrogens is 192 g/mol. The molecule has 2 saturated carbocycles. The van der Waals surface area contributed by atoms with Crippen molar-refractivity contribution in [3.63, 3.8) is 0 Å². The third kappa shape index (κ3) is 0.924. The molecule has 0 heterocycles. The van der Waals surface area contributed by atoms with Crippen LogP contribution in [0.4, 0.5) is 0 Å². The van der Waals surface area contributed by atoms with Gasteiger partial charge < -0.3 is 0 Å². The number of fused-ring (bicyclic) bond motifs is 6. The van der Waals surface area contributed by atoms with E-state index in [4.69, 9.17) is 0 Å². The summed E-state index contributed by atoms with van der Waals surface area (Å²) < 4.78 is 0. The van der Waals surface area contributed by atoms with E-state index >= 15 is 0 Å². The molecule has 2 fully saturated rings. The molecule has 0 heteroatoms. The Morgan fingerprint density at radius 1 is 1.06 bits per heavy atom. The Balaban J connectivity index is 1.74. The molecule has 1 aromatic rings. The Morgan fingerprint density at radius 2 is 1.88 bits per heavy atom. The predicted octanol–water partition coefficient (Wildman–Crippen LogP) is 3.86. The van der Waals surface area contributed by atoms with Crippen LogP contribution in [0.5, 0.6) is 0 Å². The van der Waals surface area contributed by atoms with Gasteiger partial charge in [0.25, 0.3) is 0 Å². The summed E-state index contributed by atoms with van der Waals surface area (Å²) in [6.45, 7) is 4.96. The zero-order chi connectivity index (χ0) is 10.9. The Kier molecular flexibility index (Phi) is 1.69. The predicted molar refractivity (Wildman–Crippen MR) is 66.3 cm³/mol. The third-order valence-electron chi connectivity index (χ3n) is 5.93. The number of hydrogen-bond acceptors (Lipinski definition) is 0. The van der Waals surface area contributed by atoms with Gasteiger partial charge in [0.1, 0.15) is 0 Å². The molecule has 0 nitrogen and oxygen atoms in total. The molecule has 0 amide bonds. The van der Waals surface area contributed by atoms with E-state index < -0.39 is 0 Å². The largest absolute Gasteiger partial charge is 0.0622 e. The summed E-state index contributed by atoms with van der Waals surface area (Å²) in [5, 5.41) is 0. The summed E-state index contributed by atoms with van der Waals surface area (Å²) in [5.74, 6) is 5.95. The second-order valence-corrected chi connectivity index (χ2v) is 6.41. The maximum Gasteiger partial charge on any atom is -0.00936 e. The quantitative estimate of drug-likeness (QED) is 0.612. The monoisotopic (exact) mass is 212 g/mol. The van der Waals surface area contributed by atoms with E-state index in [2.05, 4.69) is 38.1 Å². The minimum absolute atomic E-state index is 0.939. The van der Waals surface area contributed by atoms with E-state index in [9.17, 15) is 0 Å². The van der Waals surface area contributed by atoms with Crippen LogP contribution < -0.4 is 0 Å². The van der Waals surface area contributed by atoms with Gasteiger partial charge in [-0.2, -0.15) is 0 Å². The molecule has 4 rings (SSSR count). The molecule has 84 valence electrons. The van der Waals surface area contributed by atoms with Crippen molar-refractivity contribution in [2.45, 2.75) is 32.6 Å². The first-order valence-electron chi connectivity index (χ1n) is 6.85. The minimum atomic E-state index is 0.939. The molecule has 1 unspecified atom stereocenters. The van der Waals surface area contributed by atoms with Gasteiger partial charge in [0.05, 0.1) is 0 Å². The summed E-state index contributed by atoms with van der Waals surface area (Å²) in [7, 11) is 0. The van der Waals surface area contributed by atoms with Crippen molar-refractivity contribution in [1.29, 1.82) is 0 Å². The molecule has 16 heavy (non-hydrogen) atoms. The molecule has 3 aliphatic rings. The summed E-state index contributed by atoms with van der Waals surface area (Å²) in [4.78, 5) is 0. The Hall–Kier alpha value is -0.780. The Labute approximate surface area is 98.1 Å². The standard InChI is InChI=1S/C16H20/c1-9-7-13-15(10(9)2)14-8-11-5-3-4-6-12(11)16(13)14/h3-6,9-10,13-16H,7-8H2,1-2H3/t9-,10-,13+,14?,15-,16+/m1/s1. The average Bonchev–Trinajstić information content (AvgIpc) is 2.71. The average molecular weight is 212 g/mol. The molecule has 0 saturated heterocycles. The molecule has 3 aliphatic carbocycles. The molecule has 0 bridgehead atoms. The highest BCUT2D eigenvalue weighted by Crippen LogP contribution is 2.67. The first-order valence-corrected chi connectivity index (χ1v) is 6.85. The third-order valence-corrected chi connectivity index (χ3v) is 5.93. The molecule has 6 atom stereocenters. The van der Waals surface area contributed by atoms with E-state index in [1.807, 2.05) is 0 Å². The van der Waals surface area contributed by atoms with Crippen LogP contribution >= 0.6 is 0 Å².